The van der Waals surface area contributed by atoms with Gasteiger partial charge in [-0.15, -0.1) is 0 Å². The minimum Gasteiger partial charge on any atom is -0.368 e. The number of rotatable bonds is 2. The molecule has 2 aliphatic rings. The first kappa shape index (κ1) is 15.7. The highest BCUT2D eigenvalue weighted by Gasteiger charge is 2.41. The lowest BCUT2D eigenvalue weighted by molar-refractivity contribution is -0.385. The van der Waals surface area contributed by atoms with Crippen LogP contribution in [0, 0.1) is 15.9 Å². The van der Waals surface area contributed by atoms with Gasteiger partial charge < -0.3 is 9.80 Å². The number of non-ortho nitro benzene ring substituents is 1. The van der Waals surface area contributed by atoms with Gasteiger partial charge in [-0.1, -0.05) is 0 Å². The van der Waals surface area contributed by atoms with E-state index in [9.17, 15) is 14.5 Å². The van der Waals surface area contributed by atoms with Gasteiger partial charge in [-0.05, 0) is 55.2 Å². The van der Waals surface area contributed by atoms with Crippen LogP contribution in [0.4, 0.5) is 15.8 Å². The zero-order valence-electron chi connectivity index (χ0n) is 12.5. The van der Waals surface area contributed by atoms with Gasteiger partial charge in [0, 0.05) is 24.7 Å². The lowest BCUT2D eigenvalue weighted by Gasteiger charge is -2.44. The van der Waals surface area contributed by atoms with E-state index in [1.165, 1.54) is 18.9 Å². The second kappa shape index (κ2) is 5.77. The number of anilines is 1. The Hall–Kier alpha value is -1.21. The second-order valence-corrected chi connectivity index (χ2v) is 7.11. The molecule has 1 aromatic carbocycles. The summed E-state index contributed by atoms with van der Waals surface area (Å²) in [7, 11) is 2.17. The Morgan fingerprint density at radius 1 is 1.27 bits per heavy atom. The Morgan fingerprint density at radius 2 is 1.95 bits per heavy atom. The molecule has 2 aliphatic heterocycles. The number of likely N-dealkylation sites (tertiary alicyclic amines) is 1. The van der Waals surface area contributed by atoms with E-state index >= 15 is 0 Å². The van der Waals surface area contributed by atoms with Crippen molar-refractivity contribution in [1.82, 2.24) is 4.90 Å². The smallest absolute Gasteiger partial charge is 0.273 e. The molecule has 1 aromatic rings. The summed E-state index contributed by atoms with van der Waals surface area (Å²) in [5, 5.41) is 10.8. The summed E-state index contributed by atoms with van der Waals surface area (Å²) in [4.78, 5) is 14.7. The number of hydrogen-bond acceptors (Lipinski definition) is 4. The van der Waals surface area contributed by atoms with Crippen LogP contribution in [0.5, 0.6) is 0 Å². The van der Waals surface area contributed by atoms with Gasteiger partial charge in [-0.2, -0.15) is 0 Å². The molecule has 5 nitrogen and oxygen atoms in total. The molecular formula is C15H19BrFN3O2. The lowest BCUT2D eigenvalue weighted by atomic mass is 9.85. The molecule has 0 bridgehead atoms. The molecule has 0 aromatic heterocycles. The van der Waals surface area contributed by atoms with Crippen LogP contribution in [0.3, 0.4) is 0 Å². The molecule has 0 atom stereocenters. The van der Waals surface area contributed by atoms with Crippen molar-refractivity contribution in [3.8, 4) is 0 Å². The number of nitrogens with zero attached hydrogens (tertiary/aromatic N) is 3. The standard InChI is InChI=1S/C15H19BrFN3O2/c1-18-6-2-3-15(18)4-7-19(8-5-15)14-12(16)9-11(20(21)22)10-13(14)17/h9-10H,2-8H2,1H3. The van der Waals surface area contributed by atoms with Crippen LogP contribution in [0.2, 0.25) is 0 Å². The highest BCUT2D eigenvalue weighted by Crippen LogP contribution is 2.41. The molecule has 0 unspecified atom stereocenters. The van der Waals surface area contributed by atoms with Gasteiger partial charge in [0.1, 0.15) is 0 Å². The van der Waals surface area contributed by atoms with Crippen LogP contribution in [0.25, 0.3) is 0 Å². The molecule has 3 rings (SSSR count). The maximum absolute atomic E-state index is 14.3. The fraction of sp³-hybridized carbons (Fsp3) is 0.600. The van der Waals surface area contributed by atoms with Gasteiger partial charge in [0.15, 0.2) is 5.82 Å². The van der Waals surface area contributed by atoms with Crippen molar-refractivity contribution < 1.29 is 9.31 Å². The molecular weight excluding hydrogens is 353 g/mol. The van der Waals surface area contributed by atoms with Crippen molar-refractivity contribution in [3.05, 3.63) is 32.5 Å². The third kappa shape index (κ3) is 2.60. The summed E-state index contributed by atoms with van der Waals surface area (Å²) in [6.45, 7) is 2.69. The second-order valence-electron chi connectivity index (χ2n) is 6.25. The lowest BCUT2D eigenvalue weighted by Crippen LogP contribution is -2.51. The van der Waals surface area contributed by atoms with Crippen LogP contribution in [0.1, 0.15) is 25.7 Å². The first-order valence-electron chi connectivity index (χ1n) is 7.53. The monoisotopic (exact) mass is 371 g/mol. The van der Waals surface area contributed by atoms with Crippen LogP contribution >= 0.6 is 15.9 Å². The summed E-state index contributed by atoms with van der Waals surface area (Å²) in [6.07, 6.45) is 4.45. The first-order valence-corrected chi connectivity index (χ1v) is 8.32. The van der Waals surface area contributed by atoms with Gasteiger partial charge >= 0.3 is 0 Å². The average molecular weight is 372 g/mol. The molecule has 0 saturated carbocycles. The zero-order chi connectivity index (χ0) is 15.9. The van der Waals surface area contributed by atoms with Crippen molar-refractivity contribution in [2.45, 2.75) is 31.2 Å². The summed E-state index contributed by atoms with van der Waals surface area (Å²) in [5.74, 6) is -0.531. The van der Waals surface area contributed by atoms with E-state index in [1.54, 1.807) is 0 Å². The summed E-state index contributed by atoms with van der Waals surface area (Å²) >= 11 is 3.29. The van der Waals surface area contributed by atoms with Crippen molar-refractivity contribution in [2.24, 2.45) is 0 Å². The molecule has 22 heavy (non-hydrogen) atoms. The maximum atomic E-state index is 14.3. The third-order valence-corrected chi connectivity index (χ3v) is 5.77. The number of nitro benzene ring substituents is 1. The molecule has 0 N–H and O–H groups in total. The van der Waals surface area contributed by atoms with Crippen LogP contribution in [-0.4, -0.2) is 42.0 Å². The SMILES string of the molecule is CN1CCCC12CCN(c1c(F)cc([N+](=O)[O-])cc1Br)CC2. The van der Waals surface area contributed by atoms with Crippen LogP contribution in [-0.2, 0) is 0 Å². The van der Waals surface area contributed by atoms with E-state index in [0.29, 0.717) is 10.2 Å². The summed E-state index contributed by atoms with van der Waals surface area (Å²) < 4.78 is 14.8. The van der Waals surface area contributed by atoms with Crippen molar-refractivity contribution in [3.63, 3.8) is 0 Å². The van der Waals surface area contributed by atoms with Gasteiger partial charge in [0.2, 0.25) is 0 Å². The predicted molar refractivity (Wildman–Crippen MR) is 86.8 cm³/mol. The van der Waals surface area contributed by atoms with Crippen molar-refractivity contribution in [1.29, 1.82) is 0 Å². The molecule has 0 amide bonds. The Bertz CT molecular complexity index is 579. The Kier molecular flexibility index (Phi) is 4.11. The van der Waals surface area contributed by atoms with Crippen LogP contribution in [0.15, 0.2) is 16.6 Å². The Balaban J connectivity index is 1.81. The first-order chi connectivity index (χ1) is 10.4. The van der Waals surface area contributed by atoms with E-state index in [4.69, 9.17) is 0 Å². The maximum Gasteiger partial charge on any atom is 0.273 e. The number of hydrogen-bond donors (Lipinski definition) is 0. The van der Waals surface area contributed by atoms with E-state index in [2.05, 4.69) is 27.9 Å². The molecule has 2 heterocycles. The van der Waals surface area contributed by atoms with E-state index < -0.39 is 10.7 Å². The van der Waals surface area contributed by atoms with Crippen molar-refractivity contribution >= 4 is 27.3 Å². The predicted octanol–water partition coefficient (Wildman–Crippen LogP) is 3.56. The zero-order valence-corrected chi connectivity index (χ0v) is 14.1. The average Bonchev–Trinajstić information content (AvgIpc) is 2.81. The Morgan fingerprint density at radius 3 is 2.45 bits per heavy atom. The molecule has 2 saturated heterocycles. The molecule has 120 valence electrons. The molecule has 0 radical (unpaired) electrons. The largest absolute Gasteiger partial charge is 0.368 e. The number of nitro groups is 1. The number of halogens is 2. The third-order valence-electron chi connectivity index (χ3n) is 5.17. The minimum absolute atomic E-state index is 0.225. The molecule has 2 fully saturated rings. The van der Waals surface area contributed by atoms with E-state index in [0.717, 1.165) is 38.5 Å². The van der Waals surface area contributed by atoms with Crippen molar-refractivity contribution in [2.75, 3.05) is 31.6 Å². The molecule has 7 heteroatoms. The minimum atomic E-state index is -0.573. The van der Waals surface area contributed by atoms with Gasteiger partial charge in [0.05, 0.1) is 21.1 Å². The quantitative estimate of drug-likeness (QED) is 0.589. The highest BCUT2D eigenvalue weighted by atomic mass is 79.9. The number of benzene rings is 1. The Labute approximate surface area is 137 Å². The molecule has 0 aliphatic carbocycles. The van der Waals surface area contributed by atoms with Gasteiger partial charge in [-0.25, -0.2) is 4.39 Å². The van der Waals surface area contributed by atoms with E-state index in [-0.39, 0.29) is 11.2 Å². The summed E-state index contributed by atoms with van der Waals surface area (Å²) in [5.41, 5.74) is 0.485. The number of piperidine rings is 1. The normalized spacial score (nSPS) is 21.5. The summed E-state index contributed by atoms with van der Waals surface area (Å²) in [6, 6.07) is 2.39. The molecule has 1 spiro atoms. The fourth-order valence-corrected chi connectivity index (χ4v) is 4.49. The van der Waals surface area contributed by atoms with Gasteiger partial charge in [-0.3, -0.25) is 10.1 Å². The topological polar surface area (TPSA) is 49.6 Å². The fourth-order valence-electron chi connectivity index (χ4n) is 3.81. The van der Waals surface area contributed by atoms with Gasteiger partial charge in [0.25, 0.3) is 5.69 Å². The van der Waals surface area contributed by atoms with Crippen LogP contribution < -0.4 is 4.90 Å². The highest BCUT2D eigenvalue weighted by molar-refractivity contribution is 9.10. The van der Waals surface area contributed by atoms with E-state index in [1.807, 2.05) is 4.90 Å².